The maximum Gasteiger partial charge on any atom is 0.412 e. The third-order valence-electron chi connectivity index (χ3n) is 5.03. The van der Waals surface area contributed by atoms with Crippen LogP contribution in [0.3, 0.4) is 0 Å². The minimum atomic E-state index is -1.10. The number of carbonyl (C=O) groups is 2. The second-order valence-corrected chi connectivity index (χ2v) is 9.04. The van der Waals surface area contributed by atoms with Crippen LogP contribution in [0.1, 0.15) is 35.9 Å². The molecule has 0 aliphatic heterocycles. The average Bonchev–Trinajstić information content (AvgIpc) is 3.25. The first-order valence-corrected chi connectivity index (χ1v) is 11.2. The van der Waals surface area contributed by atoms with Crippen LogP contribution in [0.15, 0.2) is 33.1 Å². The van der Waals surface area contributed by atoms with E-state index in [9.17, 15) is 14.7 Å². The van der Waals surface area contributed by atoms with E-state index in [4.69, 9.17) is 36.8 Å². The summed E-state index contributed by atoms with van der Waals surface area (Å²) in [6.45, 7) is -0.0325. The van der Waals surface area contributed by atoms with Crippen LogP contribution in [0.4, 0.5) is 10.5 Å². The van der Waals surface area contributed by atoms with Crippen LogP contribution in [-0.2, 0) is 21.6 Å². The van der Waals surface area contributed by atoms with E-state index in [-0.39, 0.29) is 45.5 Å². The van der Waals surface area contributed by atoms with Crippen molar-refractivity contribution < 1.29 is 28.3 Å². The van der Waals surface area contributed by atoms with Crippen molar-refractivity contribution in [2.45, 2.75) is 24.9 Å². The number of nitrogens with one attached hydrogen (secondary N) is 1. The molecule has 0 unspecified atom stereocenters. The van der Waals surface area contributed by atoms with Gasteiger partial charge in [0.2, 0.25) is 11.5 Å². The van der Waals surface area contributed by atoms with Crippen molar-refractivity contribution in [3.05, 3.63) is 56.7 Å². The highest BCUT2D eigenvalue weighted by atomic mass is 35.5. The van der Waals surface area contributed by atoms with Gasteiger partial charge < -0.3 is 18.7 Å². The first-order valence-electron chi connectivity index (χ1n) is 9.71. The highest BCUT2D eigenvalue weighted by Crippen LogP contribution is 2.48. The van der Waals surface area contributed by atoms with Crippen LogP contribution in [0.5, 0.6) is 0 Å². The van der Waals surface area contributed by atoms with E-state index in [0.717, 1.165) is 11.5 Å². The normalized spacial score (nSPS) is 13.8. The Morgan fingerprint density at radius 2 is 2.00 bits per heavy atom. The van der Waals surface area contributed by atoms with E-state index >= 15 is 0 Å². The van der Waals surface area contributed by atoms with Gasteiger partial charge in [-0.2, -0.15) is 14.3 Å². The molecule has 1 aromatic carbocycles. The van der Waals surface area contributed by atoms with Crippen molar-refractivity contribution in [1.82, 2.24) is 14.3 Å². The Bertz CT molecular complexity index is 1460. The van der Waals surface area contributed by atoms with Crippen molar-refractivity contribution in [1.29, 1.82) is 0 Å². The van der Waals surface area contributed by atoms with E-state index in [0.29, 0.717) is 23.4 Å². The summed E-state index contributed by atoms with van der Waals surface area (Å²) in [6, 6.07) is 6.98. The molecule has 2 N–H and O–H groups in total. The monoisotopic (exact) mass is 518 g/mol. The zero-order valence-electron chi connectivity index (χ0n) is 16.9. The predicted molar refractivity (Wildman–Crippen MR) is 121 cm³/mol. The molecule has 4 aromatic rings. The third-order valence-corrected chi connectivity index (χ3v) is 6.43. The zero-order valence-corrected chi connectivity index (χ0v) is 19.3. The molecular formula is C21H12Cl2N4O6S. The first-order chi connectivity index (χ1) is 16.4. The number of hydrogen-bond acceptors (Lipinski definition) is 9. The van der Waals surface area contributed by atoms with Gasteiger partial charge in [-0.1, -0.05) is 41.4 Å². The number of anilines is 1. The highest BCUT2D eigenvalue weighted by molar-refractivity contribution is 7.11. The van der Waals surface area contributed by atoms with Crippen LogP contribution in [-0.4, -0.2) is 31.5 Å². The molecule has 1 amide bonds. The zero-order chi connectivity index (χ0) is 23.9. The van der Waals surface area contributed by atoms with Gasteiger partial charge in [-0.15, -0.1) is 0 Å². The fraction of sp³-hybridized carbons (Fsp3) is 0.190. The number of rotatable bonds is 5. The molecule has 1 aliphatic rings. The van der Waals surface area contributed by atoms with Gasteiger partial charge >= 0.3 is 17.8 Å². The number of aliphatic carboxylic acids is 1. The summed E-state index contributed by atoms with van der Waals surface area (Å²) in [5.41, 5.74) is 0.0134. The number of carboxylic acids is 1. The topological polar surface area (TPSA) is 141 Å². The third kappa shape index (κ3) is 4.19. The second kappa shape index (κ2) is 8.64. The van der Waals surface area contributed by atoms with Crippen molar-refractivity contribution >= 4 is 63.9 Å². The quantitative estimate of drug-likeness (QED) is 0.354. The van der Waals surface area contributed by atoms with Gasteiger partial charge in [0.05, 0.1) is 0 Å². The lowest BCUT2D eigenvalue weighted by atomic mass is 10.1. The van der Waals surface area contributed by atoms with Gasteiger partial charge in [-0.25, -0.2) is 4.79 Å². The summed E-state index contributed by atoms with van der Waals surface area (Å²) in [7, 11) is 0. The van der Waals surface area contributed by atoms with E-state index in [1.54, 1.807) is 24.3 Å². The van der Waals surface area contributed by atoms with E-state index < -0.39 is 17.5 Å². The summed E-state index contributed by atoms with van der Waals surface area (Å²) in [5.74, 6) is 4.39. The largest absolute Gasteiger partial charge is 0.480 e. The number of hydrogen-bond donors (Lipinski definition) is 2. The first kappa shape index (κ1) is 22.2. The Balaban J connectivity index is 1.29. The van der Waals surface area contributed by atoms with Gasteiger partial charge in [-0.05, 0) is 36.4 Å². The van der Waals surface area contributed by atoms with Crippen molar-refractivity contribution in [3.63, 3.8) is 0 Å². The molecule has 0 bridgehead atoms. The SMILES string of the molecule is O=C(Nc1c(C#Cc2nc3nc(C4(C(=O)O)CC4)oc3o2)nsc1Cl)OCc1ccccc1Cl. The Kier molecular flexibility index (Phi) is 5.65. The van der Waals surface area contributed by atoms with Gasteiger partial charge in [0.25, 0.3) is 5.89 Å². The predicted octanol–water partition coefficient (Wildman–Crippen LogP) is 4.84. The number of ether oxygens (including phenoxy) is 1. The summed E-state index contributed by atoms with van der Waals surface area (Å²) in [6.07, 6.45) is 0.126. The van der Waals surface area contributed by atoms with Crippen molar-refractivity contribution in [3.8, 4) is 11.8 Å². The minimum absolute atomic E-state index is 0.0235. The lowest BCUT2D eigenvalue weighted by molar-refractivity contribution is -0.140. The van der Waals surface area contributed by atoms with Gasteiger partial charge in [-0.3, -0.25) is 10.1 Å². The van der Waals surface area contributed by atoms with Crippen LogP contribution in [0, 0.1) is 11.8 Å². The van der Waals surface area contributed by atoms with E-state index in [1.807, 2.05) is 0 Å². The molecule has 0 radical (unpaired) electrons. The molecule has 13 heteroatoms. The van der Waals surface area contributed by atoms with E-state index in [1.165, 1.54) is 0 Å². The number of halogens is 2. The molecule has 0 atom stereocenters. The Morgan fingerprint density at radius 3 is 2.71 bits per heavy atom. The number of aromatic nitrogens is 3. The highest BCUT2D eigenvalue weighted by Gasteiger charge is 2.56. The van der Waals surface area contributed by atoms with Crippen molar-refractivity contribution in [2.75, 3.05) is 5.32 Å². The average molecular weight is 519 g/mol. The number of nitrogens with zero attached hydrogens (tertiary/aromatic N) is 3. The van der Waals surface area contributed by atoms with Crippen LogP contribution in [0.2, 0.25) is 9.36 Å². The number of oxazole rings is 2. The number of amides is 1. The maximum atomic E-state index is 12.2. The summed E-state index contributed by atoms with van der Waals surface area (Å²) in [4.78, 5) is 31.9. The van der Waals surface area contributed by atoms with E-state index in [2.05, 4.69) is 31.5 Å². The number of carboxylic acid groups (broad SMARTS) is 1. The van der Waals surface area contributed by atoms with Crippen molar-refractivity contribution in [2.24, 2.45) is 0 Å². The van der Waals surface area contributed by atoms with Crippen LogP contribution < -0.4 is 5.32 Å². The molecule has 1 aliphatic carbocycles. The standard InChI is InChI=1S/C21H12Cl2N4O6S/c22-11-4-2-1-3-10(11)9-31-20(30)25-14-12(27-34-15(14)23)5-6-13-24-16-17(32-13)33-18(26-16)21(7-8-21)19(28)29/h1-4H,7-9H2,(H,25,30)(H,28,29). The fourth-order valence-electron chi connectivity index (χ4n) is 3.02. The molecule has 10 nitrogen and oxygen atoms in total. The molecule has 0 spiro atoms. The van der Waals surface area contributed by atoms with Gasteiger partial charge in [0.15, 0.2) is 5.69 Å². The maximum absolute atomic E-state index is 12.2. The lowest BCUT2D eigenvalue weighted by Gasteiger charge is -2.07. The Hall–Kier alpha value is -3.59. The lowest BCUT2D eigenvalue weighted by Crippen LogP contribution is -2.19. The van der Waals surface area contributed by atoms with Crippen LogP contribution in [0.25, 0.3) is 11.4 Å². The summed E-state index contributed by atoms with van der Waals surface area (Å²) < 4.78 is 20.3. The number of benzene rings is 1. The molecule has 3 aromatic heterocycles. The molecular weight excluding hydrogens is 507 g/mol. The summed E-state index contributed by atoms with van der Waals surface area (Å²) >= 11 is 13.1. The minimum Gasteiger partial charge on any atom is -0.480 e. The molecule has 5 rings (SSSR count). The van der Waals surface area contributed by atoms with Crippen LogP contribution >= 0.6 is 34.7 Å². The molecule has 1 saturated carbocycles. The Labute approximate surface area is 205 Å². The number of fused-ring (bicyclic) bond motifs is 1. The molecule has 172 valence electrons. The smallest absolute Gasteiger partial charge is 0.412 e. The number of carbonyl (C=O) groups excluding carboxylic acids is 1. The molecule has 34 heavy (non-hydrogen) atoms. The van der Waals surface area contributed by atoms with Gasteiger partial charge in [0, 0.05) is 16.5 Å². The molecule has 0 saturated heterocycles. The molecule has 3 heterocycles. The second-order valence-electron chi connectivity index (χ2n) is 7.26. The Morgan fingerprint density at radius 1 is 1.21 bits per heavy atom. The molecule has 1 fully saturated rings. The fourth-order valence-corrected chi connectivity index (χ4v) is 4.00. The van der Waals surface area contributed by atoms with Gasteiger partial charge in [0.1, 0.15) is 22.0 Å². The summed E-state index contributed by atoms with van der Waals surface area (Å²) in [5, 5.41) is 12.3.